The largest absolute Gasteiger partial charge is 0.327 e. The summed E-state index contributed by atoms with van der Waals surface area (Å²) in [6.45, 7) is 3.95. The van der Waals surface area contributed by atoms with Crippen LogP contribution in [0.2, 0.25) is 0 Å². The lowest BCUT2D eigenvalue weighted by atomic mass is 10.0. The van der Waals surface area contributed by atoms with Gasteiger partial charge in [0.2, 0.25) is 0 Å². The van der Waals surface area contributed by atoms with Crippen molar-refractivity contribution in [3.8, 4) is 11.1 Å². The molecule has 0 spiro atoms. The van der Waals surface area contributed by atoms with Gasteiger partial charge < -0.3 is 0 Å². The van der Waals surface area contributed by atoms with Crippen molar-refractivity contribution in [3.63, 3.8) is 0 Å². The van der Waals surface area contributed by atoms with Crippen LogP contribution in [0.1, 0.15) is 19.9 Å². The maximum absolute atomic E-state index is 12.8. The van der Waals surface area contributed by atoms with E-state index >= 15 is 0 Å². The van der Waals surface area contributed by atoms with Gasteiger partial charge in [0.1, 0.15) is 0 Å². The minimum Gasteiger partial charge on any atom is -0.293 e. The summed E-state index contributed by atoms with van der Waals surface area (Å²) in [5, 5.41) is 3.37. The van der Waals surface area contributed by atoms with Crippen LogP contribution in [-0.4, -0.2) is 30.6 Å². The Morgan fingerprint density at radius 2 is 1.85 bits per heavy atom. The Balaban J connectivity index is 2.22. The number of imidazole rings is 1. The van der Waals surface area contributed by atoms with Crippen molar-refractivity contribution in [2.45, 2.75) is 24.8 Å². The molecule has 26 heavy (non-hydrogen) atoms. The second-order valence-electron chi connectivity index (χ2n) is 6.50. The van der Waals surface area contributed by atoms with Crippen molar-refractivity contribution < 1.29 is 0 Å². The lowest BCUT2D eigenvalue weighted by Gasteiger charge is -2.10. The van der Waals surface area contributed by atoms with Crippen LogP contribution in [0.4, 0.5) is 0 Å². The summed E-state index contributed by atoms with van der Waals surface area (Å²) in [7, 11) is 1.68. The summed E-state index contributed by atoms with van der Waals surface area (Å²) in [4.78, 5) is 33.5. The molecule has 0 aliphatic carbocycles. The summed E-state index contributed by atoms with van der Waals surface area (Å²) in [5.74, 6) is 0. The second-order valence-corrected chi connectivity index (χ2v) is 7.38. The van der Waals surface area contributed by atoms with E-state index in [1.807, 2.05) is 44.4 Å². The SMILES string of the molecule is CSc1ccc(-c2c3c(=O)[nH]n(C(C)C)c3nc3[nH]c(=O)n(C)c23)cc1. The van der Waals surface area contributed by atoms with Crippen LogP contribution in [0.15, 0.2) is 38.8 Å². The molecule has 7 nitrogen and oxygen atoms in total. The van der Waals surface area contributed by atoms with Crippen molar-refractivity contribution in [1.82, 2.24) is 24.3 Å². The first-order valence-corrected chi connectivity index (χ1v) is 9.52. The van der Waals surface area contributed by atoms with E-state index < -0.39 is 0 Å². The number of pyridine rings is 1. The van der Waals surface area contributed by atoms with E-state index in [1.54, 1.807) is 23.5 Å². The van der Waals surface area contributed by atoms with Gasteiger partial charge in [0.25, 0.3) is 5.56 Å². The van der Waals surface area contributed by atoms with Crippen molar-refractivity contribution in [2.24, 2.45) is 7.05 Å². The van der Waals surface area contributed by atoms with Gasteiger partial charge in [-0.25, -0.2) is 9.78 Å². The number of hydrogen-bond donors (Lipinski definition) is 2. The molecule has 0 aliphatic rings. The number of nitrogens with zero attached hydrogens (tertiary/aromatic N) is 3. The highest BCUT2D eigenvalue weighted by Crippen LogP contribution is 2.33. The maximum Gasteiger partial charge on any atom is 0.327 e. The van der Waals surface area contributed by atoms with Crippen molar-refractivity contribution >= 4 is 34.0 Å². The number of hydrogen-bond acceptors (Lipinski definition) is 4. The van der Waals surface area contributed by atoms with Gasteiger partial charge in [0.15, 0.2) is 11.3 Å². The molecule has 134 valence electrons. The van der Waals surface area contributed by atoms with E-state index in [-0.39, 0.29) is 17.3 Å². The molecule has 0 amide bonds. The van der Waals surface area contributed by atoms with E-state index in [9.17, 15) is 9.59 Å². The minimum atomic E-state index is -0.255. The number of thioether (sulfide) groups is 1. The Morgan fingerprint density at radius 1 is 1.15 bits per heavy atom. The van der Waals surface area contributed by atoms with Gasteiger partial charge in [-0.15, -0.1) is 11.8 Å². The number of nitrogens with one attached hydrogen (secondary N) is 2. The smallest absolute Gasteiger partial charge is 0.293 e. The number of aromatic nitrogens is 5. The molecule has 0 saturated heterocycles. The average molecular weight is 369 g/mol. The van der Waals surface area contributed by atoms with Crippen LogP contribution in [-0.2, 0) is 7.05 Å². The number of aromatic amines is 2. The Hall–Kier alpha value is -2.74. The summed E-state index contributed by atoms with van der Waals surface area (Å²) in [6.07, 6.45) is 2.02. The molecule has 0 aliphatic heterocycles. The highest BCUT2D eigenvalue weighted by Gasteiger charge is 2.22. The number of H-pyrrole nitrogens is 2. The van der Waals surface area contributed by atoms with E-state index in [0.717, 1.165) is 16.0 Å². The Bertz CT molecular complexity index is 1240. The zero-order valence-corrected chi connectivity index (χ0v) is 15.8. The summed E-state index contributed by atoms with van der Waals surface area (Å²) < 4.78 is 3.24. The third-order valence-electron chi connectivity index (χ3n) is 4.59. The summed E-state index contributed by atoms with van der Waals surface area (Å²) in [5.41, 5.74) is 2.79. The predicted molar refractivity (Wildman–Crippen MR) is 105 cm³/mol. The van der Waals surface area contributed by atoms with Crippen LogP contribution in [0.5, 0.6) is 0 Å². The lowest BCUT2D eigenvalue weighted by molar-refractivity contribution is 0.542. The van der Waals surface area contributed by atoms with Crippen LogP contribution in [0, 0.1) is 0 Å². The normalized spacial score (nSPS) is 11.9. The topological polar surface area (TPSA) is 88.5 Å². The molecule has 4 aromatic rings. The molecular formula is C18H19N5O2S. The van der Waals surface area contributed by atoms with Gasteiger partial charge in [-0.05, 0) is 37.8 Å². The predicted octanol–water partition coefficient (Wildman–Crippen LogP) is 2.87. The Kier molecular flexibility index (Phi) is 3.80. The monoisotopic (exact) mass is 369 g/mol. The molecule has 4 rings (SSSR count). The molecule has 0 fully saturated rings. The zero-order chi connectivity index (χ0) is 18.6. The van der Waals surface area contributed by atoms with Gasteiger partial charge in [-0.2, -0.15) is 0 Å². The fraction of sp³-hybridized carbons (Fsp3) is 0.278. The standard InChI is InChI=1S/C18H19N5O2S/c1-9(2)23-16-13(17(24)21-23)12(10-5-7-11(26-4)8-6-10)14-15(19-16)20-18(25)22(14)3/h5-9H,1-4H3,(H,21,24)(H,19,20,25). The lowest BCUT2D eigenvalue weighted by Crippen LogP contribution is -2.12. The average Bonchev–Trinajstić information content (AvgIpc) is 3.11. The molecule has 8 heteroatoms. The molecule has 0 saturated carbocycles. The first-order valence-electron chi connectivity index (χ1n) is 8.29. The minimum absolute atomic E-state index is 0.0345. The van der Waals surface area contributed by atoms with E-state index in [4.69, 9.17) is 0 Å². The quantitative estimate of drug-likeness (QED) is 0.544. The third-order valence-corrected chi connectivity index (χ3v) is 5.33. The van der Waals surface area contributed by atoms with Gasteiger partial charge in [-0.3, -0.25) is 24.1 Å². The van der Waals surface area contributed by atoms with Crippen LogP contribution >= 0.6 is 11.8 Å². The molecule has 0 atom stereocenters. The summed E-state index contributed by atoms with van der Waals surface area (Å²) in [6, 6.07) is 8.01. The maximum atomic E-state index is 12.8. The fourth-order valence-electron chi connectivity index (χ4n) is 3.28. The van der Waals surface area contributed by atoms with Crippen molar-refractivity contribution in [3.05, 3.63) is 45.1 Å². The number of benzene rings is 1. The highest BCUT2D eigenvalue weighted by atomic mass is 32.2. The zero-order valence-electron chi connectivity index (χ0n) is 15.0. The molecule has 1 aromatic carbocycles. The molecule has 3 aromatic heterocycles. The van der Waals surface area contributed by atoms with Gasteiger partial charge in [0, 0.05) is 23.5 Å². The van der Waals surface area contributed by atoms with Gasteiger partial charge >= 0.3 is 5.69 Å². The van der Waals surface area contributed by atoms with Crippen LogP contribution in [0.3, 0.4) is 0 Å². The molecule has 0 bridgehead atoms. The fourth-order valence-corrected chi connectivity index (χ4v) is 3.69. The Morgan fingerprint density at radius 3 is 2.46 bits per heavy atom. The number of aryl methyl sites for hydroxylation is 1. The first-order chi connectivity index (χ1) is 12.4. The number of fused-ring (bicyclic) bond motifs is 2. The molecule has 0 unspecified atom stereocenters. The van der Waals surface area contributed by atoms with Crippen LogP contribution in [0.25, 0.3) is 33.3 Å². The van der Waals surface area contributed by atoms with Gasteiger partial charge in [-0.1, -0.05) is 12.1 Å². The van der Waals surface area contributed by atoms with Crippen molar-refractivity contribution in [2.75, 3.05) is 6.26 Å². The van der Waals surface area contributed by atoms with E-state index in [1.165, 1.54) is 4.57 Å². The highest BCUT2D eigenvalue weighted by molar-refractivity contribution is 7.98. The Labute approximate surface area is 153 Å². The van der Waals surface area contributed by atoms with E-state index in [2.05, 4.69) is 15.1 Å². The first kappa shape index (κ1) is 16.7. The van der Waals surface area contributed by atoms with E-state index in [0.29, 0.717) is 22.2 Å². The molecular weight excluding hydrogens is 350 g/mol. The molecule has 0 radical (unpaired) electrons. The van der Waals surface area contributed by atoms with Crippen LogP contribution < -0.4 is 11.2 Å². The third kappa shape index (κ3) is 2.33. The molecule has 3 heterocycles. The van der Waals surface area contributed by atoms with Gasteiger partial charge in [0.05, 0.1) is 10.9 Å². The second kappa shape index (κ2) is 5.91. The number of rotatable bonds is 3. The molecule has 2 N–H and O–H groups in total. The summed E-state index contributed by atoms with van der Waals surface area (Å²) >= 11 is 1.65. The van der Waals surface area contributed by atoms with Crippen molar-refractivity contribution in [1.29, 1.82) is 0 Å².